The van der Waals surface area contributed by atoms with Gasteiger partial charge in [0.05, 0.1) is 24.7 Å². The summed E-state index contributed by atoms with van der Waals surface area (Å²) >= 11 is 0.801. The highest BCUT2D eigenvalue weighted by Gasteiger charge is 2.27. The molecule has 1 heterocycles. The van der Waals surface area contributed by atoms with Crippen molar-refractivity contribution in [2.45, 2.75) is 27.7 Å². The van der Waals surface area contributed by atoms with Crippen LogP contribution in [0.25, 0.3) is 5.76 Å². The topological polar surface area (TPSA) is 167 Å². The van der Waals surface area contributed by atoms with Crippen LogP contribution in [0, 0.1) is 17.0 Å². The molecule has 0 amide bonds. The second-order valence-electron chi connectivity index (χ2n) is 6.60. The number of thiophene rings is 1. The summed E-state index contributed by atoms with van der Waals surface area (Å²) in [5.74, 6) is -3.11. The molecule has 12 nitrogen and oxygen atoms in total. The van der Waals surface area contributed by atoms with E-state index in [0.29, 0.717) is 0 Å². The second kappa shape index (κ2) is 12.4. The molecule has 2 rings (SSSR count). The molecule has 186 valence electrons. The normalized spacial score (nSPS) is 11.7. The zero-order chi connectivity index (χ0) is 26.1. The number of aliphatic hydroxyl groups excluding tert-OH is 1. The standard InChI is InChI=1S/C22H23N3O9S/c1-5-32-20(27)15-12(4)18(22(29)34-7-3)35-19(15)24-23-16(21(28)33-6-2)17(26)13-8-10-14(11-9-13)25(30)31/h8-11,26H,5-7H2,1-4H3/b17-16+,24-23?. The zero-order valence-electron chi connectivity index (χ0n) is 19.4. The summed E-state index contributed by atoms with van der Waals surface area (Å²) in [6.07, 6.45) is 0. The summed E-state index contributed by atoms with van der Waals surface area (Å²) in [6, 6.07) is 4.72. The fourth-order valence-corrected chi connectivity index (χ4v) is 3.77. The lowest BCUT2D eigenvalue weighted by atomic mass is 10.1. The van der Waals surface area contributed by atoms with Crippen LogP contribution in [0.2, 0.25) is 0 Å². The number of benzene rings is 1. The molecule has 13 heteroatoms. The van der Waals surface area contributed by atoms with Crippen LogP contribution < -0.4 is 0 Å². The molecule has 0 bridgehead atoms. The first-order valence-electron chi connectivity index (χ1n) is 10.4. The van der Waals surface area contributed by atoms with Crippen LogP contribution in [0.5, 0.6) is 0 Å². The molecule has 0 spiro atoms. The maximum Gasteiger partial charge on any atom is 0.362 e. The lowest BCUT2D eigenvalue weighted by Crippen LogP contribution is -2.09. The van der Waals surface area contributed by atoms with Gasteiger partial charge in [0.2, 0.25) is 5.70 Å². The Morgan fingerprint density at radius 3 is 2.11 bits per heavy atom. The highest BCUT2D eigenvalue weighted by molar-refractivity contribution is 7.18. The average molecular weight is 506 g/mol. The molecule has 0 fully saturated rings. The number of azo groups is 1. The predicted octanol–water partition coefficient (Wildman–Crippen LogP) is 4.89. The number of carbonyl (C=O) groups is 3. The highest BCUT2D eigenvalue weighted by Crippen LogP contribution is 2.37. The molecule has 0 aliphatic rings. The van der Waals surface area contributed by atoms with Crippen molar-refractivity contribution in [3.05, 3.63) is 61.6 Å². The number of ether oxygens (including phenoxy) is 3. The minimum absolute atomic E-state index is 0.0371. The number of nitro groups is 1. The van der Waals surface area contributed by atoms with Gasteiger partial charge in [-0.05, 0) is 45.4 Å². The Kier molecular flexibility index (Phi) is 9.58. The van der Waals surface area contributed by atoms with E-state index in [9.17, 15) is 29.6 Å². The Balaban J connectivity index is 2.62. The van der Waals surface area contributed by atoms with E-state index in [1.54, 1.807) is 20.8 Å². The Labute approximate surface area is 204 Å². The number of non-ortho nitro benzene ring substituents is 1. The Morgan fingerprint density at radius 2 is 1.57 bits per heavy atom. The quantitative estimate of drug-likeness (QED) is 0.0898. The van der Waals surface area contributed by atoms with Gasteiger partial charge in [0.25, 0.3) is 5.69 Å². The molecule has 0 aliphatic heterocycles. The molecule has 1 aromatic heterocycles. The highest BCUT2D eigenvalue weighted by atomic mass is 32.1. The van der Waals surface area contributed by atoms with E-state index in [2.05, 4.69) is 10.2 Å². The molecule has 0 radical (unpaired) electrons. The van der Waals surface area contributed by atoms with Crippen molar-refractivity contribution >= 4 is 45.7 Å². The first-order chi connectivity index (χ1) is 16.7. The van der Waals surface area contributed by atoms with Crippen molar-refractivity contribution < 1.29 is 38.6 Å². The summed E-state index contributed by atoms with van der Waals surface area (Å²) in [5.41, 5.74) is -0.568. The van der Waals surface area contributed by atoms with Gasteiger partial charge in [-0.1, -0.05) is 0 Å². The molecule has 0 unspecified atom stereocenters. The molecule has 0 saturated heterocycles. The van der Waals surface area contributed by atoms with Gasteiger partial charge < -0.3 is 19.3 Å². The zero-order valence-corrected chi connectivity index (χ0v) is 20.2. The lowest BCUT2D eigenvalue weighted by molar-refractivity contribution is -0.384. The van der Waals surface area contributed by atoms with Gasteiger partial charge in [0, 0.05) is 17.7 Å². The number of esters is 3. The van der Waals surface area contributed by atoms with Crippen LogP contribution in [0.3, 0.4) is 0 Å². The second-order valence-corrected chi connectivity index (χ2v) is 7.60. The monoisotopic (exact) mass is 505 g/mol. The van der Waals surface area contributed by atoms with E-state index in [1.165, 1.54) is 19.1 Å². The summed E-state index contributed by atoms with van der Waals surface area (Å²) in [5, 5.41) is 29.2. The van der Waals surface area contributed by atoms with Gasteiger partial charge >= 0.3 is 17.9 Å². The van der Waals surface area contributed by atoms with Gasteiger partial charge in [-0.2, -0.15) is 0 Å². The molecular weight excluding hydrogens is 482 g/mol. The molecular formula is C22H23N3O9S. The van der Waals surface area contributed by atoms with E-state index >= 15 is 0 Å². The van der Waals surface area contributed by atoms with Crippen LogP contribution in [0.1, 0.15) is 51.9 Å². The number of hydrogen-bond donors (Lipinski definition) is 1. The van der Waals surface area contributed by atoms with Crippen LogP contribution in [0.4, 0.5) is 10.7 Å². The Bertz CT molecular complexity index is 1180. The third-order valence-corrected chi connectivity index (χ3v) is 5.51. The lowest BCUT2D eigenvalue weighted by Gasteiger charge is -2.06. The van der Waals surface area contributed by atoms with Gasteiger partial charge in [0.1, 0.15) is 10.4 Å². The molecule has 35 heavy (non-hydrogen) atoms. The van der Waals surface area contributed by atoms with Crippen molar-refractivity contribution in [1.29, 1.82) is 0 Å². The summed E-state index contributed by atoms with van der Waals surface area (Å²) in [7, 11) is 0. The van der Waals surface area contributed by atoms with E-state index in [4.69, 9.17) is 14.2 Å². The fraction of sp³-hybridized carbons (Fsp3) is 0.318. The van der Waals surface area contributed by atoms with E-state index in [-0.39, 0.29) is 52.1 Å². The fourth-order valence-electron chi connectivity index (χ4n) is 2.76. The third kappa shape index (κ3) is 6.47. The van der Waals surface area contributed by atoms with E-state index < -0.39 is 34.3 Å². The van der Waals surface area contributed by atoms with Crippen molar-refractivity contribution in [3.63, 3.8) is 0 Å². The molecule has 0 saturated carbocycles. The van der Waals surface area contributed by atoms with Gasteiger partial charge in [0.15, 0.2) is 10.8 Å². The van der Waals surface area contributed by atoms with Gasteiger partial charge in [-0.15, -0.1) is 21.6 Å². The number of aliphatic hydroxyl groups is 1. The van der Waals surface area contributed by atoms with Crippen LogP contribution in [-0.2, 0) is 19.0 Å². The Hall–Kier alpha value is -4.13. The minimum Gasteiger partial charge on any atom is -0.505 e. The summed E-state index contributed by atoms with van der Waals surface area (Å²) in [4.78, 5) is 47.7. The van der Waals surface area contributed by atoms with Gasteiger partial charge in [-0.25, -0.2) is 14.4 Å². The van der Waals surface area contributed by atoms with Crippen molar-refractivity contribution in [3.8, 4) is 0 Å². The Morgan fingerprint density at radius 1 is 1.00 bits per heavy atom. The van der Waals surface area contributed by atoms with E-state index in [0.717, 1.165) is 23.5 Å². The number of carbonyl (C=O) groups excluding carboxylic acids is 3. The first-order valence-corrected chi connectivity index (χ1v) is 11.2. The summed E-state index contributed by atoms with van der Waals surface area (Å²) < 4.78 is 15.0. The molecule has 2 aromatic rings. The number of hydrogen-bond acceptors (Lipinski definition) is 12. The predicted molar refractivity (Wildman–Crippen MR) is 125 cm³/mol. The average Bonchev–Trinajstić information content (AvgIpc) is 3.15. The largest absolute Gasteiger partial charge is 0.505 e. The first kappa shape index (κ1) is 27.1. The number of rotatable bonds is 10. The third-order valence-electron chi connectivity index (χ3n) is 4.35. The SMILES string of the molecule is CCOC(=O)/C(N=Nc1sc(C(=O)OCC)c(C)c1C(=O)OCC)=C(\O)c1ccc([N+](=O)[O-])cc1. The van der Waals surface area contributed by atoms with Crippen molar-refractivity contribution in [2.75, 3.05) is 19.8 Å². The summed E-state index contributed by atoms with van der Waals surface area (Å²) in [6.45, 7) is 6.44. The molecule has 0 aliphatic carbocycles. The van der Waals surface area contributed by atoms with Crippen LogP contribution in [0.15, 0.2) is 40.2 Å². The molecule has 1 N–H and O–H groups in total. The van der Waals surface area contributed by atoms with Crippen molar-refractivity contribution in [1.82, 2.24) is 0 Å². The maximum absolute atomic E-state index is 12.5. The minimum atomic E-state index is -1.02. The van der Waals surface area contributed by atoms with Gasteiger partial charge in [-0.3, -0.25) is 10.1 Å². The number of nitro benzene ring substituents is 1. The van der Waals surface area contributed by atoms with Crippen LogP contribution in [-0.4, -0.2) is 47.8 Å². The van der Waals surface area contributed by atoms with E-state index in [1.807, 2.05) is 0 Å². The van der Waals surface area contributed by atoms with Crippen LogP contribution >= 0.6 is 11.3 Å². The maximum atomic E-state index is 12.5. The molecule has 0 atom stereocenters. The number of nitrogens with zero attached hydrogens (tertiary/aromatic N) is 3. The smallest absolute Gasteiger partial charge is 0.362 e. The van der Waals surface area contributed by atoms with Crippen molar-refractivity contribution in [2.24, 2.45) is 10.2 Å². The molecule has 1 aromatic carbocycles.